The number of hydrogen-bond acceptors (Lipinski definition) is 2. The molecular formula is C13H10O2. The molecule has 0 fully saturated rings. The third-order valence-electron chi connectivity index (χ3n) is 2.18. The Hall–Kier alpha value is -2.09. The average molecular weight is 198 g/mol. The van der Waals surface area contributed by atoms with E-state index in [1.54, 1.807) is 18.2 Å². The molecule has 1 aromatic carbocycles. The van der Waals surface area contributed by atoms with Gasteiger partial charge in [0, 0.05) is 0 Å². The van der Waals surface area contributed by atoms with E-state index in [-0.39, 0.29) is 5.75 Å². The minimum Gasteiger partial charge on any atom is -0.507 e. The first-order valence-corrected chi connectivity index (χ1v) is 4.65. The molecule has 2 aliphatic rings. The summed E-state index contributed by atoms with van der Waals surface area (Å²) in [6.45, 7) is 0. The van der Waals surface area contributed by atoms with Crippen molar-refractivity contribution in [3.05, 3.63) is 54.1 Å². The van der Waals surface area contributed by atoms with Gasteiger partial charge in [-0.2, -0.15) is 0 Å². The van der Waals surface area contributed by atoms with Crippen molar-refractivity contribution in [1.29, 1.82) is 0 Å². The van der Waals surface area contributed by atoms with Crippen LogP contribution in [-0.4, -0.2) is 11.4 Å². The minimum atomic E-state index is 0.0347. The molecule has 0 radical (unpaired) electrons. The smallest absolute Gasteiger partial charge is 0.153 e. The number of aromatic hydroxyl groups is 1. The van der Waals surface area contributed by atoms with Gasteiger partial charge in [0.1, 0.15) is 5.75 Å². The van der Waals surface area contributed by atoms with Crippen LogP contribution in [0.15, 0.2) is 48.5 Å². The average Bonchev–Trinajstić information content (AvgIpc) is 2.87. The predicted octanol–water partition coefficient (Wildman–Crippen LogP) is 2.87. The number of carbonyl (C=O) groups is 1. The summed E-state index contributed by atoms with van der Waals surface area (Å²) in [6, 6.07) is 14.9. The second-order valence-corrected chi connectivity index (χ2v) is 3.26. The molecule has 1 N–H and O–H groups in total. The lowest BCUT2D eigenvalue weighted by Crippen LogP contribution is -1.77. The highest BCUT2D eigenvalue weighted by atomic mass is 16.3. The zero-order valence-electron chi connectivity index (χ0n) is 8.05. The number of phenolic OH excluding ortho intramolecular Hbond substituents is 1. The number of benzene rings is 2. The number of rotatable bonds is 1. The van der Waals surface area contributed by atoms with Crippen LogP contribution in [0.1, 0.15) is 10.4 Å². The Kier molecular flexibility index (Phi) is 2.50. The van der Waals surface area contributed by atoms with Gasteiger partial charge in [0.05, 0.1) is 5.56 Å². The van der Waals surface area contributed by atoms with Gasteiger partial charge < -0.3 is 5.11 Å². The van der Waals surface area contributed by atoms with E-state index < -0.39 is 0 Å². The zero-order chi connectivity index (χ0) is 10.7. The van der Waals surface area contributed by atoms with Crippen molar-refractivity contribution in [1.82, 2.24) is 0 Å². The van der Waals surface area contributed by atoms with Crippen LogP contribution >= 0.6 is 0 Å². The third kappa shape index (κ3) is 2.23. The molecular weight excluding hydrogens is 188 g/mol. The van der Waals surface area contributed by atoms with Gasteiger partial charge in [0.2, 0.25) is 0 Å². The minimum absolute atomic E-state index is 0.0347. The van der Waals surface area contributed by atoms with Crippen LogP contribution < -0.4 is 0 Å². The maximum absolute atomic E-state index is 10.1. The van der Waals surface area contributed by atoms with Gasteiger partial charge in [-0.1, -0.05) is 30.3 Å². The fraction of sp³-hybridized carbons (Fsp3) is 0. The Morgan fingerprint density at radius 1 is 0.933 bits per heavy atom. The molecule has 1 aromatic rings. The first kappa shape index (κ1) is 9.46. The van der Waals surface area contributed by atoms with Gasteiger partial charge in [0.25, 0.3) is 0 Å². The van der Waals surface area contributed by atoms with E-state index in [0.717, 1.165) is 0 Å². The van der Waals surface area contributed by atoms with E-state index in [2.05, 4.69) is 24.3 Å². The summed E-state index contributed by atoms with van der Waals surface area (Å²) in [6.07, 6.45) is 0.620. The maximum atomic E-state index is 10.1. The van der Waals surface area contributed by atoms with Crippen molar-refractivity contribution < 1.29 is 9.90 Å². The molecule has 0 amide bonds. The monoisotopic (exact) mass is 198 g/mol. The Labute approximate surface area is 87.8 Å². The lowest BCUT2D eigenvalue weighted by Gasteiger charge is -1.91. The molecule has 0 saturated carbocycles. The van der Waals surface area contributed by atoms with Crippen LogP contribution in [0, 0.1) is 0 Å². The summed E-state index contributed by atoms with van der Waals surface area (Å²) in [5.74, 6) is 0.0347. The lowest BCUT2D eigenvalue weighted by atomic mass is 10.2. The fourth-order valence-electron chi connectivity index (χ4n) is 1.26. The molecule has 0 aromatic heterocycles. The summed E-state index contributed by atoms with van der Waals surface area (Å²) in [5.41, 5.74) is 3.18. The second kappa shape index (κ2) is 3.96. The van der Waals surface area contributed by atoms with Crippen molar-refractivity contribution >= 4 is 6.29 Å². The largest absolute Gasteiger partial charge is 0.507 e. The first-order chi connectivity index (χ1) is 7.31. The Balaban J connectivity index is 0.000000121. The number of aldehydes is 1. The Bertz CT molecular complexity index is 472. The molecule has 2 aliphatic carbocycles. The van der Waals surface area contributed by atoms with Crippen molar-refractivity contribution in [2.75, 3.05) is 0 Å². The number of para-hydroxylation sites is 1. The van der Waals surface area contributed by atoms with Gasteiger partial charge in [-0.15, -0.1) is 0 Å². The first-order valence-electron chi connectivity index (χ1n) is 4.65. The molecule has 0 atom stereocenters. The predicted molar refractivity (Wildman–Crippen MR) is 58.9 cm³/mol. The van der Waals surface area contributed by atoms with Crippen molar-refractivity contribution in [3.8, 4) is 16.9 Å². The molecule has 0 aliphatic heterocycles. The van der Waals surface area contributed by atoms with Gasteiger partial charge in [-0.25, -0.2) is 0 Å². The van der Waals surface area contributed by atoms with Crippen LogP contribution in [0.2, 0.25) is 0 Å². The van der Waals surface area contributed by atoms with Crippen LogP contribution in [0.3, 0.4) is 0 Å². The summed E-state index contributed by atoms with van der Waals surface area (Å²) >= 11 is 0. The third-order valence-corrected chi connectivity index (χ3v) is 2.18. The molecule has 15 heavy (non-hydrogen) atoms. The van der Waals surface area contributed by atoms with E-state index >= 15 is 0 Å². The highest BCUT2D eigenvalue weighted by Crippen LogP contribution is 2.32. The standard InChI is InChI=1S/C7H6O2.C6H4/c8-5-6-3-1-2-4-7(6)9;1-2-5-4-6(5)3-1/h1-5,9H;1-4H. The molecule has 0 heterocycles. The van der Waals surface area contributed by atoms with Crippen LogP contribution in [0.5, 0.6) is 5.75 Å². The van der Waals surface area contributed by atoms with Crippen molar-refractivity contribution in [2.45, 2.75) is 0 Å². The normalized spacial score (nSPS) is 9.87. The Morgan fingerprint density at radius 2 is 1.60 bits per heavy atom. The van der Waals surface area contributed by atoms with E-state index in [1.807, 2.05) is 0 Å². The molecule has 0 spiro atoms. The fourth-order valence-corrected chi connectivity index (χ4v) is 1.26. The summed E-state index contributed by atoms with van der Waals surface area (Å²) in [5, 5.41) is 8.88. The molecule has 0 unspecified atom stereocenters. The summed E-state index contributed by atoms with van der Waals surface area (Å²) in [7, 11) is 0. The van der Waals surface area contributed by atoms with E-state index in [1.165, 1.54) is 17.2 Å². The van der Waals surface area contributed by atoms with Gasteiger partial charge >= 0.3 is 0 Å². The quantitative estimate of drug-likeness (QED) is 0.610. The van der Waals surface area contributed by atoms with Gasteiger partial charge in [-0.3, -0.25) is 4.79 Å². The maximum Gasteiger partial charge on any atom is 0.153 e. The zero-order valence-corrected chi connectivity index (χ0v) is 8.05. The molecule has 2 heteroatoms. The molecule has 0 bridgehead atoms. The summed E-state index contributed by atoms with van der Waals surface area (Å²) < 4.78 is 0. The van der Waals surface area contributed by atoms with E-state index in [4.69, 9.17) is 5.11 Å². The van der Waals surface area contributed by atoms with Gasteiger partial charge in [-0.05, 0) is 29.3 Å². The number of phenols is 1. The van der Waals surface area contributed by atoms with E-state index in [9.17, 15) is 4.79 Å². The number of hydrogen-bond donors (Lipinski definition) is 1. The highest BCUT2D eigenvalue weighted by molar-refractivity contribution is 5.80. The molecule has 3 rings (SSSR count). The van der Waals surface area contributed by atoms with Crippen LogP contribution in [-0.2, 0) is 0 Å². The molecule has 2 nitrogen and oxygen atoms in total. The number of carbonyl (C=O) groups excluding carboxylic acids is 1. The van der Waals surface area contributed by atoms with Crippen molar-refractivity contribution in [2.24, 2.45) is 0 Å². The number of fused-ring (bicyclic) bond motifs is 1. The molecule has 74 valence electrons. The molecule has 0 saturated heterocycles. The van der Waals surface area contributed by atoms with E-state index in [0.29, 0.717) is 11.8 Å². The highest BCUT2D eigenvalue weighted by Gasteiger charge is 2.06. The second-order valence-electron chi connectivity index (χ2n) is 3.26. The topological polar surface area (TPSA) is 37.3 Å². The summed E-state index contributed by atoms with van der Waals surface area (Å²) in [4.78, 5) is 10.1. The SMILES string of the molecule is O=Cc1ccccc1O.c1cc2cc-2c1. The van der Waals surface area contributed by atoms with Gasteiger partial charge in [0.15, 0.2) is 6.29 Å². The van der Waals surface area contributed by atoms with Crippen LogP contribution in [0.4, 0.5) is 0 Å². The van der Waals surface area contributed by atoms with Crippen LogP contribution in [0.25, 0.3) is 11.1 Å². The van der Waals surface area contributed by atoms with Crippen molar-refractivity contribution in [3.63, 3.8) is 0 Å². The lowest BCUT2D eigenvalue weighted by molar-refractivity contribution is 0.112. The Morgan fingerprint density at radius 3 is 1.93 bits per heavy atom.